The molecule has 182 valence electrons. The van der Waals surface area contributed by atoms with Crippen molar-refractivity contribution in [3.05, 3.63) is 101 Å². The van der Waals surface area contributed by atoms with Crippen LogP contribution in [0.15, 0.2) is 90.2 Å². The maximum Gasteiger partial charge on any atom is 0.171 e. The summed E-state index contributed by atoms with van der Waals surface area (Å²) in [6.45, 7) is 15.7. The molecule has 0 saturated heterocycles. The van der Waals surface area contributed by atoms with Gasteiger partial charge in [0.1, 0.15) is 0 Å². The largest absolute Gasteiger partial charge is 0.348 e. The quantitative estimate of drug-likeness (QED) is 0.369. The smallest absolute Gasteiger partial charge is 0.171 e. The van der Waals surface area contributed by atoms with Crippen LogP contribution in [0.2, 0.25) is 0 Å². The third kappa shape index (κ3) is 7.32. The number of allylic oxidation sites excluding steroid dienone is 5. The molecule has 2 aromatic rings. The maximum absolute atomic E-state index is 13.7. The fourth-order valence-corrected chi connectivity index (χ4v) is 4.18. The first-order valence-corrected chi connectivity index (χ1v) is 12.8. The Balaban J connectivity index is 0.00000199. The lowest BCUT2D eigenvalue weighted by Crippen LogP contribution is -2.22. The van der Waals surface area contributed by atoms with Crippen LogP contribution in [0.4, 0.5) is 5.69 Å². The summed E-state index contributed by atoms with van der Waals surface area (Å²) >= 11 is 0. The van der Waals surface area contributed by atoms with E-state index in [4.69, 9.17) is 0 Å². The Kier molecular flexibility index (Phi) is 10.6. The molecule has 1 aliphatic carbocycles. The second-order valence-corrected chi connectivity index (χ2v) is 9.69. The number of benzene rings is 2. The number of anilines is 1. The Morgan fingerprint density at radius 1 is 1.00 bits per heavy atom. The number of Topliss-reactive ketones (excluding diaryl/α,β-unsaturated/α-hetero) is 1. The van der Waals surface area contributed by atoms with E-state index in [0.717, 1.165) is 48.2 Å². The first-order valence-electron chi connectivity index (χ1n) is 12.8. The molecule has 0 radical (unpaired) electrons. The molecule has 0 bridgehead atoms. The van der Waals surface area contributed by atoms with Crippen LogP contribution in [0.1, 0.15) is 84.8 Å². The van der Waals surface area contributed by atoms with Gasteiger partial charge in [0.25, 0.3) is 0 Å². The molecule has 0 N–H and O–H groups in total. The molecule has 1 unspecified atom stereocenters. The fraction of sp³-hybridized carbons (Fsp3) is 0.406. The molecule has 1 atom stereocenters. The first kappa shape index (κ1) is 27.4. The molecular weight excluding hydrogens is 414 g/mol. The number of carbonyl (C=O) groups excluding carboxylic acids is 1. The van der Waals surface area contributed by atoms with Gasteiger partial charge in [-0.05, 0) is 60.4 Å². The number of hydrogen-bond donors (Lipinski definition) is 0. The SMILES string of the molecule is CC.CCCN(/C=C(\C)C(=O)C(C1=CCCC=C1)c1ccccc1)c1ccc(C(C)(C)C)cc1. The van der Waals surface area contributed by atoms with Crippen molar-refractivity contribution in [1.29, 1.82) is 0 Å². The highest BCUT2D eigenvalue weighted by Gasteiger charge is 2.25. The van der Waals surface area contributed by atoms with Crippen LogP contribution >= 0.6 is 0 Å². The van der Waals surface area contributed by atoms with Gasteiger partial charge >= 0.3 is 0 Å². The normalized spacial score (nSPS) is 14.6. The third-order valence-electron chi connectivity index (χ3n) is 6.02. The van der Waals surface area contributed by atoms with E-state index in [-0.39, 0.29) is 17.1 Å². The molecule has 2 nitrogen and oxygen atoms in total. The van der Waals surface area contributed by atoms with Crippen LogP contribution in [0, 0.1) is 0 Å². The molecule has 3 rings (SSSR count). The van der Waals surface area contributed by atoms with Crippen LogP contribution in [0.3, 0.4) is 0 Å². The summed E-state index contributed by atoms with van der Waals surface area (Å²) in [6, 6.07) is 18.9. The van der Waals surface area contributed by atoms with Crippen molar-refractivity contribution in [2.24, 2.45) is 0 Å². The van der Waals surface area contributed by atoms with Gasteiger partial charge in [-0.3, -0.25) is 4.79 Å². The summed E-state index contributed by atoms with van der Waals surface area (Å²) in [5, 5.41) is 0. The van der Waals surface area contributed by atoms with Gasteiger partial charge in [-0.25, -0.2) is 0 Å². The molecular formula is C32H43NO. The zero-order valence-electron chi connectivity index (χ0n) is 22.3. The van der Waals surface area contributed by atoms with E-state index in [1.165, 1.54) is 5.56 Å². The molecule has 0 saturated carbocycles. The highest BCUT2D eigenvalue weighted by Crippen LogP contribution is 2.32. The van der Waals surface area contributed by atoms with Gasteiger partial charge in [0.05, 0.1) is 5.92 Å². The minimum atomic E-state index is -0.254. The number of nitrogens with zero attached hydrogens (tertiary/aromatic N) is 1. The molecule has 34 heavy (non-hydrogen) atoms. The molecule has 0 heterocycles. The molecule has 0 aromatic heterocycles. The van der Waals surface area contributed by atoms with Crippen molar-refractivity contribution in [2.45, 2.75) is 79.1 Å². The Morgan fingerprint density at radius 3 is 2.18 bits per heavy atom. The third-order valence-corrected chi connectivity index (χ3v) is 6.02. The Bertz CT molecular complexity index is 988. The van der Waals surface area contributed by atoms with Gasteiger partial charge in [0, 0.05) is 24.0 Å². The van der Waals surface area contributed by atoms with E-state index >= 15 is 0 Å². The molecule has 1 aliphatic rings. The molecule has 2 aromatic carbocycles. The minimum absolute atomic E-state index is 0.125. The summed E-state index contributed by atoms with van der Waals surface area (Å²) in [7, 11) is 0. The standard InChI is InChI=1S/C30H37NO.C2H6/c1-6-21-31(27-19-17-26(18-20-27)30(3,4)5)22-23(2)29(32)28(24-13-9-7-10-14-24)25-15-11-8-12-16-25;1-2/h7,9-11,13-20,22,28H,6,8,12,21H2,1-5H3;1-2H3/b23-22+;. The van der Waals surface area contributed by atoms with E-state index in [9.17, 15) is 4.79 Å². The van der Waals surface area contributed by atoms with Crippen molar-refractivity contribution >= 4 is 11.5 Å². The summed E-state index contributed by atoms with van der Waals surface area (Å²) < 4.78 is 0. The van der Waals surface area contributed by atoms with Crippen LogP contribution in [0.25, 0.3) is 0 Å². The maximum atomic E-state index is 13.7. The topological polar surface area (TPSA) is 20.3 Å². The molecule has 0 spiro atoms. The van der Waals surface area contributed by atoms with Gasteiger partial charge in [-0.2, -0.15) is 0 Å². The van der Waals surface area contributed by atoms with E-state index in [1.54, 1.807) is 0 Å². The summed E-state index contributed by atoms with van der Waals surface area (Å²) in [6.07, 6.45) is 11.6. The van der Waals surface area contributed by atoms with Gasteiger partial charge in [-0.1, -0.05) is 102 Å². The molecule has 2 heteroatoms. The fourth-order valence-electron chi connectivity index (χ4n) is 4.18. The van der Waals surface area contributed by atoms with Crippen molar-refractivity contribution in [1.82, 2.24) is 0 Å². The lowest BCUT2D eigenvalue weighted by Gasteiger charge is -2.25. The summed E-state index contributed by atoms with van der Waals surface area (Å²) in [5.41, 5.74) is 5.51. The zero-order chi connectivity index (χ0) is 25.1. The van der Waals surface area contributed by atoms with Crippen LogP contribution < -0.4 is 4.90 Å². The second kappa shape index (κ2) is 13.1. The van der Waals surface area contributed by atoms with Crippen molar-refractivity contribution in [3.8, 4) is 0 Å². The van der Waals surface area contributed by atoms with Gasteiger partial charge in [-0.15, -0.1) is 0 Å². The van der Waals surface area contributed by atoms with Crippen molar-refractivity contribution < 1.29 is 4.79 Å². The van der Waals surface area contributed by atoms with Gasteiger partial charge < -0.3 is 4.90 Å². The minimum Gasteiger partial charge on any atom is -0.348 e. The zero-order valence-corrected chi connectivity index (χ0v) is 22.3. The van der Waals surface area contributed by atoms with Crippen LogP contribution in [0.5, 0.6) is 0 Å². The molecule has 0 fully saturated rings. The highest BCUT2D eigenvalue weighted by atomic mass is 16.1. The summed E-state index contributed by atoms with van der Waals surface area (Å²) in [4.78, 5) is 15.9. The highest BCUT2D eigenvalue weighted by molar-refractivity contribution is 6.02. The van der Waals surface area contributed by atoms with Crippen LogP contribution in [-0.4, -0.2) is 12.3 Å². The van der Waals surface area contributed by atoms with E-state index in [1.807, 2.05) is 45.2 Å². The van der Waals surface area contributed by atoms with Crippen LogP contribution in [-0.2, 0) is 10.2 Å². The Hall–Kier alpha value is -2.87. The average Bonchev–Trinajstić information content (AvgIpc) is 2.86. The van der Waals surface area contributed by atoms with E-state index < -0.39 is 0 Å². The number of ketones is 1. The second-order valence-electron chi connectivity index (χ2n) is 9.69. The monoisotopic (exact) mass is 457 g/mol. The van der Waals surface area contributed by atoms with E-state index in [0.29, 0.717) is 0 Å². The first-order chi connectivity index (χ1) is 16.3. The Morgan fingerprint density at radius 2 is 1.65 bits per heavy atom. The molecule has 0 amide bonds. The lowest BCUT2D eigenvalue weighted by atomic mass is 9.83. The lowest BCUT2D eigenvalue weighted by molar-refractivity contribution is -0.116. The Labute approximate surface area is 208 Å². The molecule has 0 aliphatic heterocycles. The van der Waals surface area contributed by atoms with Crippen molar-refractivity contribution in [3.63, 3.8) is 0 Å². The van der Waals surface area contributed by atoms with E-state index in [2.05, 4.69) is 87.2 Å². The number of rotatable bonds is 8. The van der Waals surface area contributed by atoms with Gasteiger partial charge in [0.15, 0.2) is 5.78 Å². The summed E-state index contributed by atoms with van der Waals surface area (Å²) in [5.74, 6) is -0.0860. The average molecular weight is 458 g/mol. The number of hydrogen-bond acceptors (Lipinski definition) is 2. The van der Waals surface area contributed by atoms with Crippen molar-refractivity contribution in [2.75, 3.05) is 11.4 Å². The van der Waals surface area contributed by atoms with Gasteiger partial charge in [0.2, 0.25) is 0 Å². The predicted molar refractivity (Wildman–Crippen MR) is 149 cm³/mol. The number of carbonyl (C=O) groups is 1. The predicted octanol–water partition coefficient (Wildman–Crippen LogP) is 8.76.